The minimum atomic E-state index is -0.272. The molecule has 1 aliphatic rings. The van der Waals surface area contributed by atoms with Crippen LogP contribution in [0.2, 0.25) is 5.02 Å². The topological polar surface area (TPSA) is 70.2 Å². The molecule has 0 aromatic heterocycles. The monoisotopic (exact) mass is 345 g/mol. The van der Waals surface area contributed by atoms with Crippen molar-refractivity contribution in [3.63, 3.8) is 0 Å². The summed E-state index contributed by atoms with van der Waals surface area (Å²) in [6, 6.07) is 5.27. The van der Waals surface area contributed by atoms with Crippen molar-refractivity contribution in [2.75, 3.05) is 18.9 Å². The molecule has 0 bridgehead atoms. The van der Waals surface area contributed by atoms with Crippen LogP contribution in [0.15, 0.2) is 18.2 Å². The van der Waals surface area contributed by atoms with Gasteiger partial charge >= 0.3 is 0 Å². The van der Waals surface area contributed by atoms with E-state index in [2.05, 4.69) is 22.9 Å². The van der Waals surface area contributed by atoms with E-state index in [1.54, 1.807) is 25.2 Å². The number of halogens is 2. The first kappa shape index (κ1) is 18.7. The third-order valence-electron chi connectivity index (χ3n) is 3.70. The summed E-state index contributed by atoms with van der Waals surface area (Å²) < 4.78 is 0. The molecule has 1 heterocycles. The minimum Gasteiger partial charge on any atom is -0.355 e. The Morgan fingerprint density at radius 2 is 2.09 bits per heavy atom. The van der Waals surface area contributed by atoms with Gasteiger partial charge in [-0.3, -0.25) is 9.59 Å². The number of benzene rings is 1. The lowest BCUT2D eigenvalue weighted by atomic mass is 9.92. The second-order valence-electron chi connectivity index (χ2n) is 5.34. The van der Waals surface area contributed by atoms with Crippen LogP contribution in [0.25, 0.3) is 0 Å². The van der Waals surface area contributed by atoms with Crippen molar-refractivity contribution in [3.05, 3.63) is 28.8 Å². The molecule has 7 heteroatoms. The molecule has 122 valence electrons. The molecule has 22 heavy (non-hydrogen) atoms. The first-order valence-electron chi connectivity index (χ1n) is 7.07. The number of amides is 2. The first-order chi connectivity index (χ1) is 10.0. The van der Waals surface area contributed by atoms with E-state index in [0.29, 0.717) is 22.3 Å². The number of nitrogens with one attached hydrogen (secondary N) is 3. The highest BCUT2D eigenvalue weighted by molar-refractivity contribution is 6.34. The number of hydrogen-bond acceptors (Lipinski definition) is 3. The molecule has 0 aliphatic carbocycles. The number of anilines is 1. The van der Waals surface area contributed by atoms with Gasteiger partial charge < -0.3 is 16.0 Å². The lowest BCUT2D eigenvalue weighted by Crippen LogP contribution is -2.40. The van der Waals surface area contributed by atoms with E-state index < -0.39 is 0 Å². The van der Waals surface area contributed by atoms with Crippen molar-refractivity contribution < 1.29 is 9.59 Å². The maximum atomic E-state index is 12.3. The molecule has 1 aromatic rings. The summed E-state index contributed by atoms with van der Waals surface area (Å²) in [6.45, 7) is 2.93. The number of carbonyl (C=O) groups excluding carboxylic acids is 2. The third kappa shape index (κ3) is 4.60. The van der Waals surface area contributed by atoms with E-state index in [-0.39, 0.29) is 30.1 Å². The Morgan fingerprint density at radius 3 is 2.73 bits per heavy atom. The molecule has 1 fully saturated rings. The standard InChI is InChI=1S/C15H20ClN3O2.ClH/c1-9-7-10(5-6-18-9)14(20)19-11-3-4-13(16)12(8-11)15(21)17-2;/h3-4,8-10,18H,5-7H2,1-2H3,(H,17,21)(H,19,20);1H/t9-,10-;/m0./s1. The van der Waals surface area contributed by atoms with Crippen molar-refractivity contribution >= 4 is 41.5 Å². The molecule has 0 spiro atoms. The van der Waals surface area contributed by atoms with Gasteiger partial charge in [-0.15, -0.1) is 12.4 Å². The first-order valence-corrected chi connectivity index (χ1v) is 7.45. The molecular weight excluding hydrogens is 325 g/mol. The largest absolute Gasteiger partial charge is 0.355 e. The van der Waals surface area contributed by atoms with Gasteiger partial charge in [-0.05, 0) is 44.5 Å². The van der Waals surface area contributed by atoms with Crippen LogP contribution >= 0.6 is 24.0 Å². The summed E-state index contributed by atoms with van der Waals surface area (Å²) in [7, 11) is 1.54. The summed E-state index contributed by atoms with van der Waals surface area (Å²) in [5, 5.41) is 9.08. The Kier molecular flexibility index (Phi) is 7.13. The fraction of sp³-hybridized carbons (Fsp3) is 0.467. The second-order valence-corrected chi connectivity index (χ2v) is 5.75. The maximum absolute atomic E-state index is 12.3. The van der Waals surface area contributed by atoms with Crippen LogP contribution < -0.4 is 16.0 Å². The van der Waals surface area contributed by atoms with Gasteiger partial charge in [0.05, 0.1) is 10.6 Å². The molecule has 2 amide bonds. The average Bonchev–Trinajstić information content (AvgIpc) is 2.48. The Hall–Kier alpha value is -1.30. The van der Waals surface area contributed by atoms with Crippen LogP contribution in [0.4, 0.5) is 5.69 Å². The minimum absolute atomic E-state index is 0. The van der Waals surface area contributed by atoms with Gasteiger partial charge in [-0.25, -0.2) is 0 Å². The number of rotatable bonds is 3. The molecule has 1 aromatic carbocycles. The fourth-order valence-electron chi connectivity index (χ4n) is 2.53. The molecular formula is C15H21Cl2N3O2. The van der Waals surface area contributed by atoms with E-state index in [1.807, 2.05) is 0 Å². The molecule has 2 atom stereocenters. The van der Waals surface area contributed by atoms with Gasteiger partial charge in [-0.1, -0.05) is 11.6 Å². The summed E-state index contributed by atoms with van der Waals surface area (Å²) in [6.07, 6.45) is 1.65. The Bertz CT molecular complexity index is 552. The van der Waals surface area contributed by atoms with Crippen LogP contribution in [0, 0.1) is 5.92 Å². The third-order valence-corrected chi connectivity index (χ3v) is 4.03. The van der Waals surface area contributed by atoms with Crippen LogP contribution in [0.1, 0.15) is 30.1 Å². The predicted octanol–water partition coefficient (Wildman–Crippen LogP) is 2.45. The fourth-order valence-corrected chi connectivity index (χ4v) is 2.73. The Labute approximate surface area is 141 Å². The zero-order valence-electron chi connectivity index (χ0n) is 12.6. The number of piperidine rings is 1. The molecule has 2 rings (SSSR count). The van der Waals surface area contributed by atoms with Crippen molar-refractivity contribution in [1.29, 1.82) is 0 Å². The van der Waals surface area contributed by atoms with Crippen LogP contribution in [0.5, 0.6) is 0 Å². The van der Waals surface area contributed by atoms with Gasteiger partial charge in [-0.2, -0.15) is 0 Å². The normalized spacial score (nSPS) is 20.7. The van der Waals surface area contributed by atoms with Crippen molar-refractivity contribution in [2.24, 2.45) is 5.92 Å². The number of hydrogen-bond donors (Lipinski definition) is 3. The second kappa shape index (κ2) is 8.36. The van der Waals surface area contributed by atoms with Crippen LogP contribution in [-0.4, -0.2) is 31.4 Å². The molecule has 1 aliphatic heterocycles. The average molecular weight is 346 g/mol. The zero-order chi connectivity index (χ0) is 15.4. The summed E-state index contributed by atoms with van der Waals surface area (Å²) in [5.74, 6) is -0.277. The van der Waals surface area contributed by atoms with E-state index >= 15 is 0 Å². The van der Waals surface area contributed by atoms with Crippen LogP contribution in [0.3, 0.4) is 0 Å². The number of carbonyl (C=O) groups is 2. The highest BCUT2D eigenvalue weighted by Gasteiger charge is 2.24. The molecule has 0 saturated carbocycles. The van der Waals surface area contributed by atoms with Gasteiger partial charge in [0.25, 0.3) is 5.91 Å². The zero-order valence-corrected chi connectivity index (χ0v) is 14.2. The van der Waals surface area contributed by atoms with Gasteiger partial charge in [0.1, 0.15) is 0 Å². The molecule has 0 unspecified atom stereocenters. The Morgan fingerprint density at radius 1 is 1.36 bits per heavy atom. The van der Waals surface area contributed by atoms with Crippen molar-refractivity contribution in [2.45, 2.75) is 25.8 Å². The highest BCUT2D eigenvalue weighted by Crippen LogP contribution is 2.23. The van der Waals surface area contributed by atoms with Gasteiger partial charge in [0.15, 0.2) is 0 Å². The van der Waals surface area contributed by atoms with Crippen LogP contribution in [-0.2, 0) is 4.79 Å². The molecule has 1 saturated heterocycles. The summed E-state index contributed by atoms with van der Waals surface area (Å²) in [4.78, 5) is 24.0. The highest BCUT2D eigenvalue weighted by atomic mass is 35.5. The molecule has 5 nitrogen and oxygen atoms in total. The SMILES string of the molecule is CNC(=O)c1cc(NC(=O)[C@H]2CCN[C@@H](C)C2)ccc1Cl.Cl. The lowest BCUT2D eigenvalue weighted by Gasteiger charge is -2.27. The quantitative estimate of drug-likeness (QED) is 0.787. The maximum Gasteiger partial charge on any atom is 0.252 e. The van der Waals surface area contributed by atoms with E-state index in [1.165, 1.54) is 0 Å². The van der Waals surface area contributed by atoms with Crippen molar-refractivity contribution in [3.8, 4) is 0 Å². The summed E-state index contributed by atoms with van der Waals surface area (Å²) >= 11 is 5.99. The van der Waals surface area contributed by atoms with Gasteiger partial charge in [0, 0.05) is 24.7 Å². The summed E-state index contributed by atoms with van der Waals surface area (Å²) in [5.41, 5.74) is 0.949. The molecule has 3 N–H and O–H groups in total. The van der Waals surface area contributed by atoms with Gasteiger partial charge in [0.2, 0.25) is 5.91 Å². The predicted molar refractivity (Wildman–Crippen MR) is 90.9 cm³/mol. The van der Waals surface area contributed by atoms with Crippen molar-refractivity contribution in [1.82, 2.24) is 10.6 Å². The Balaban J connectivity index is 0.00000242. The molecule has 0 radical (unpaired) electrons. The van der Waals surface area contributed by atoms with E-state index in [4.69, 9.17) is 11.6 Å². The van der Waals surface area contributed by atoms with E-state index in [9.17, 15) is 9.59 Å². The smallest absolute Gasteiger partial charge is 0.252 e. The van der Waals surface area contributed by atoms with E-state index in [0.717, 1.165) is 19.4 Å². The lowest BCUT2D eigenvalue weighted by molar-refractivity contribution is -0.120.